The van der Waals surface area contributed by atoms with Gasteiger partial charge in [0, 0.05) is 25.6 Å². The van der Waals surface area contributed by atoms with E-state index in [2.05, 4.69) is 10.6 Å². The fourth-order valence-corrected chi connectivity index (χ4v) is 2.48. The Bertz CT molecular complexity index is 726. The van der Waals surface area contributed by atoms with Crippen LogP contribution in [0.1, 0.15) is 34.8 Å². The first kappa shape index (κ1) is 19.5. The smallest absolute Gasteiger partial charge is 0.251 e. The molecule has 138 valence electrons. The summed E-state index contributed by atoms with van der Waals surface area (Å²) in [5.74, 6) is 0.729. The molecule has 0 bridgehead atoms. The zero-order valence-corrected chi connectivity index (χ0v) is 15.4. The number of nitrogens with one attached hydrogen (secondary N) is 2. The highest BCUT2D eigenvalue weighted by Crippen LogP contribution is 2.12. The Morgan fingerprint density at radius 2 is 1.77 bits per heavy atom. The van der Waals surface area contributed by atoms with Gasteiger partial charge in [0.1, 0.15) is 5.75 Å². The van der Waals surface area contributed by atoms with Gasteiger partial charge < -0.3 is 15.4 Å². The van der Waals surface area contributed by atoms with Gasteiger partial charge >= 0.3 is 0 Å². The minimum atomic E-state index is -0.0889. The molecule has 0 aliphatic carbocycles. The Hall–Kier alpha value is -2.82. The zero-order chi connectivity index (χ0) is 18.8. The first-order valence-electron chi connectivity index (χ1n) is 8.85. The highest BCUT2D eigenvalue weighted by atomic mass is 16.5. The second-order valence-electron chi connectivity index (χ2n) is 6.20. The van der Waals surface area contributed by atoms with Gasteiger partial charge in [-0.25, -0.2) is 0 Å². The maximum absolute atomic E-state index is 12.1. The normalized spacial score (nSPS) is 10.2. The molecule has 26 heavy (non-hydrogen) atoms. The number of amides is 2. The second kappa shape index (κ2) is 10.2. The summed E-state index contributed by atoms with van der Waals surface area (Å²) in [4.78, 5) is 23.0. The first-order chi connectivity index (χ1) is 12.5. The lowest BCUT2D eigenvalue weighted by molar-refractivity contribution is -0.118. The third-order valence-corrected chi connectivity index (χ3v) is 3.87. The van der Waals surface area contributed by atoms with Gasteiger partial charge in [-0.1, -0.05) is 24.3 Å². The van der Waals surface area contributed by atoms with Gasteiger partial charge in [0.25, 0.3) is 5.91 Å². The van der Waals surface area contributed by atoms with E-state index in [9.17, 15) is 9.59 Å². The van der Waals surface area contributed by atoms with Crippen LogP contribution in [0.15, 0.2) is 48.5 Å². The Morgan fingerprint density at radius 3 is 2.46 bits per heavy atom. The number of carbonyl (C=O) groups is 2. The van der Waals surface area contributed by atoms with Crippen LogP contribution in [0.2, 0.25) is 0 Å². The molecule has 5 nitrogen and oxygen atoms in total. The van der Waals surface area contributed by atoms with E-state index in [0.717, 1.165) is 29.7 Å². The zero-order valence-electron chi connectivity index (χ0n) is 15.4. The van der Waals surface area contributed by atoms with E-state index in [4.69, 9.17) is 4.74 Å². The fourth-order valence-electron chi connectivity index (χ4n) is 2.48. The summed E-state index contributed by atoms with van der Waals surface area (Å²) >= 11 is 0. The van der Waals surface area contributed by atoms with Crippen LogP contribution in [-0.4, -0.2) is 31.5 Å². The minimum Gasteiger partial charge on any atom is -0.494 e. The lowest BCUT2D eigenvalue weighted by atomic mass is 10.1. The molecule has 0 fully saturated rings. The fraction of sp³-hybridized carbons (Fsp3) is 0.333. The second-order valence-corrected chi connectivity index (χ2v) is 6.20. The van der Waals surface area contributed by atoms with Crippen LogP contribution in [0.25, 0.3) is 0 Å². The van der Waals surface area contributed by atoms with Crippen LogP contribution in [0.5, 0.6) is 5.75 Å². The molecule has 0 heterocycles. The van der Waals surface area contributed by atoms with Crippen molar-refractivity contribution in [3.63, 3.8) is 0 Å². The number of hydrogen-bond donors (Lipinski definition) is 2. The van der Waals surface area contributed by atoms with Crippen LogP contribution in [0.4, 0.5) is 0 Å². The molecule has 2 aromatic carbocycles. The van der Waals surface area contributed by atoms with E-state index in [1.54, 1.807) is 0 Å². The summed E-state index contributed by atoms with van der Waals surface area (Å²) in [5, 5.41) is 5.65. The molecule has 0 atom stereocenters. The monoisotopic (exact) mass is 354 g/mol. The molecule has 2 N–H and O–H groups in total. The number of carbonyl (C=O) groups excluding carboxylic acids is 2. The van der Waals surface area contributed by atoms with E-state index in [1.165, 1.54) is 6.92 Å². The molecule has 0 saturated heterocycles. The standard InChI is InChI=1S/C21H26N2O3/c1-16-5-3-6-20(15-16)26-14-4-12-23-21(25)19-9-7-18(8-10-19)11-13-22-17(2)24/h3,5-10,15H,4,11-14H2,1-2H3,(H,22,24)(H,23,25). The Kier molecular flexibility index (Phi) is 7.68. The maximum atomic E-state index is 12.1. The van der Waals surface area contributed by atoms with E-state index in [-0.39, 0.29) is 11.8 Å². The average molecular weight is 354 g/mol. The summed E-state index contributed by atoms with van der Waals surface area (Å²) in [6.45, 7) is 5.25. The molecule has 0 unspecified atom stereocenters. The Balaban J connectivity index is 1.66. The van der Waals surface area contributed by atoms with E-state index in [1.807, 2.05) is 55.5 Å². The summed E-state index contributed by atoms with van der Waals surface area (Å²) in [5.41, 5.74) is 2.88. The largest absolute Gasteiger partial charge is 0.494 e. The van der Waals surface area contributed by atoms with Gasteiger partial charge in [-0.3, -0.25) is 9.59 Å². The van der Waals surface area contributed by atoms with Gasteiger partial charge in [-0.05, 0) is 55.2 Å². The van der Waals surface area contributed by atoms with Gasteiger partial charge in [0.2, 0.25) is 5.91 Å². The van der Waals surface area contributed by atoms with Crippen LogP contribution in [0, 0.1) is 6.92 Å². The van der Waals surface area contributed by atoms with Crippen LogP contribution >= 0.6 is 0 Å². The maximum Gasteiger partial charge on any atom is 0.251 e. The number of rotatable bonds is 9. The van der Waals surface area contributed by atoms with Crippen molar-refractivity contribution in [1.29, 1.82) is 0 Å². The number of aryl methyl sites for hydroxylation is 1. The van der Waals surface area contributed by atoms with E-state index < -0.39 is 0 Å². The van der Waals surface area contributed by atoms with Crippen molar-refractivity contribution in [3.8, 4) is 5.75 Å². The molecule has 2 amide bonds. The van der Waals surface area contributed by atoms with Gasteiger partial charge in [0.05, 0.1) is 6.61 Å². The van der Waals surface area contributed by atoms with Crippen LogP contribution in [-0.2, 0) is 11.2 Å². The van der Waals surface area contributed by atoms with Crippen LogP contribution < -0.4 is 15.4 Å². The summed E-state index contributed by atoms with van der Waals surface area (Å²) in [7, 11) is 0. The van der Waals surface area contributed by atoms with Crippen LogP contribution in [0.3, 0.4) is 0 Å². The van der Waals surface area contributed by atoms with Crippen molar-refractivity contribution in [2.45, 2.75) is 26.7 Å². The predicted octanol–water partition coefficient (Wildman–Crippen LogP) is 2.87. The Morgan fingerprint density at radius 1 is 1.00 bits per heavy atom. The van der Waals surface area contributed by atoms with E-state index >= 15 is 0 Å². The third-order valence-electron chi connectivity index (χ3n) is 3.87. The predicted molar refractivity (Wildman–Crippen MR) is 102 cm³/mol. The van der Waals surface area contributed by atoms with Crippen molar-refractivity contribution in [2.24, 2.45) is 0 Å². The SMILES string of the molecule is CC(=O)NCCc1ccc(C(=O)NCCCOc2cccc(C)c2)cc1. The summed E-state index contributed by atoms with van der Waals surface area (Å²) in [6, 6.07) is 15.4. The number of ether oxygens (including phenoxy) is 1. The van der Waals surface area contributed by atoms with Gasteiger partial charge in [-0.2, -0.15) is 0 Å². The molecule has 5 heteroatoms. The molecule has 2 aromatic rings. The molecule has 0 saturated carbocycles. The van der Waals surface area contributed by atoms with Crippen molar-refractivity contribution in [2.75, 3.05) is 19.7 Å². The van der Waals surface area contributed by atoms with Gasteiger partial charge in [-0.15, -0.1) is 0 Å². The van der Waals surface area contributed by atoms with Crippen molar-refractivity contribution < 1.29 is 14.3 Å². The molecule has 0 spiro atoms. The lowest BCUT2D eigenvalue weighted by Crippen LogP contribution is -2.25. The quantitative estimate of drug-likeness (QED) is 0.681. The summed E-state index contributed by atoms with van der Waals surface area (Å²) < 4.78 is 5.66. The molecular formula is C21H26N2O3. The van der Waals surface area contributed by atoms with Crippen molar-refractivity contribution in [3.05, 3.63) is 65.2 Å². The topological polar surface area (TPSA) is 67.4 Å². The van der Waals surface area contributed by atoms with Crippen molar-refractivity contribution >= 4 is 11.8 Å². The van der Waals surface area contributed by atoms with Gasteiger partial charge in [0.15, 0.2) is 0 Å². The first-order valence-corrected chi connectivity index (χ1v) is 8.85. The lowest BCUT2D eigenvalue weighted by Gasteiger charge is -2.08. The summed E-state index contributed by atoms with van der Waals surface area (Å²) in [6.07, 6.45) is 1.49. The molecule has 0 aromatic heterocycles. The van der Waals surface area contributed by atoms with Crippen molar-refractivity contribution in [1.82, 2.24) is 10.6 Å². The number of benzene rings is 2. The number of hydrogen-bond acceptors (Lipinski definition) is 3. The highest BCUT2D eigenvalue weighted by molar-refractivity contribution is 5.94. The van der Waals surface area contributed by atoms with E-state index in [0.29, 0.717) is 25.3 Å². The average Bonchev–Trinajstić information content (AvgIpc) is 2.61. The third kappa shape index (κ3) is 6.97. The molecular weight excluding hydrogens is 328 g/mol. The molecule has 0 aliphatic rings. The molecule has 0 aliphatic heterocycles. The molecule has 0 radical (unpaired) electrons. The highest BCUT2D eigenvalue weighted by Gasteiger charge is 2.05. The Labute approximate surface area is 154 Å². The molecule has 2 rings (SSSR count). The minimum absolute atomic E-state index is 0.0348.